The Labute approximate surface area is 68.3 Å². The van der Waals surface area contributed by atoms with Crippen LogP contribution in [-0.4, -0.2) is 9.91 Å². The average molecular weight is 161 g/mol. The van der Waals surface area contributed by atoms with E-state index in [0.29, 0.717) is 5.56 Å². The van der Waals surface area contributed by atoms with Gasteiger partial charge in [0.2, 0.25) is 0 Å². The summed E-state index contributed by atoms with van der Waals surface area (Å²) in [7, 11) is 0. The fourth-order valence-corrected chi connectivity index (χ4v) is 1.17. The smallest absolute Gasteiger partial charge is 0.277 e. The first-order valence-electron chi connectivity index (χ1n) is 3.41. The van der Waals surface area contributed by atoms with Crippen LogP contribution in [0.1, 0.15) is 0 Å². The van der Waals surface area contributed by atoms with Gasteiger partial charge in [-0.3, -0.25) is 10.1 Å². The molecule has 0 bridgehead atoms. The van der Waals surface area contributed by atoms with E-state index >= 15 is 0 Å². The highest BCUT2D eigenvalue weighted by molar-refractivity contribution is 5.75. The van der Waals surface area contributed by atoms with Crippen molar-refractivity contribution in [2.24, 2.45) is 0 Å². The number of hydrogen-bond donors (Lipinski definition) is 1. The summed E-state index contributed by atoms with van der Waals surface area (Å²) in [4.78, 5) is 12.8. The molecule has 1 N–H and O–H groups in total. The Kier molecular flexibility index (Phi) is 1.33. The van der Waals surface area contributed by atoms with Crippen molar-refractivity contribution < 1.29 is 4.92 Å². The minimum Gasteiger partial charge on any atom is -0.359 e. The van der Waals surface area contributed by atoms with E-state index in [4.69, 9.17) is 0 Å². The highest BCUT2D eigenvalue weighted by Crippen LogP contribution is 2.31. The topological polar surface area (TPSA) is 58.9 Å². The molecule has 1 radical (unpaired) electrons. The molecule has 59 valence electrons. The van der Waals surface area contributed by atoms with Crippen LogP contribution in [0.4, 0.5) is 5.69 Å². The first-order valence-corrected chi connectivity index (χ1v) is 3.41. The van der Waals surface area contributed by atoms with Crippen molar-refractivity contribution in [2.75, 3.05) is 0 Å². The van der Waals surface area contributed by atoms with E-state index in [2.05, 4.69) is 11.2 Å². The Bertz CT molecular complexity index is 394. The lowest BCUT2D eigenvalue weighted by Gasteiger charge is -1.94. The van der Waals surface area contributed by atoms with Gasteiger partial charge in [-0.05, 0) is 12.1 Å². The van der Waals surface area contributed by atoms with Gasteiger partial charge in [-0.1, -0.05) is 0 Å². The number of aromatic nitrogens is 1. The van der Waals surface area contributed by atoms with Gasteiger partial charge in [0.25, 0.3) is 5.69 Å². The molecule has 0 amide bonds. The largest absolute Gasteiger partial charge is 0.359 e. The summed E-state index contributed by atoms with van der Waals surface area (Å²) in [5.41, 5.74) is 1.50. The molecule has 0 unspecified atom stereocenters. The number of H-pyrrole nitrogens is 1. The molecule has 0 saturated carbocycles. The zero-order valence-corrected chi connectivity index (χ0v) is 6.07. The molecule has 0 aromatic rings. The van der Waals surface area contributed by atoms with Gasteiger partial charge in [0.05, 0.1) is 16.7 Å². The third kappa shape index (κ3) is 0.852. The SMILES string of the molecule is O=[N+]([O-])c1ccc2[c][nH]ccc1-2. The number of aromatic amines is 1. The van der Waals surface area contributed by atoms with Crippen molar-refractivity contribution in [3.8, 4) is 11.1 Å². The molecule has 0 spiro atoms. The lowest BCUT2D eigenvalue weighted by molar-refractivity contribution is -0.383. The van der Waals surface area contributed by atoms with E-state index < -0.39 is 4.92 Å². The van der Waals surface area contributed by atoms with Crippen molar-refractivity contribution >= 4 is 5.69 Å². The molecule has 0 aromatic carbocycles. The Hall–Kier alpha value is -1.84. The molecule has 1 aliphatic carbocycles. The Balaban J connectivity index is 2.67. The zero-order chi connectivity index (χ0) is 8.55. The molecule has 0 atom stereocenters. The normalized spacial score (nSPS) is 10.3. The Morgan fingerprint density at radius 3 is 3.00 bits per heavy atom. The first-order chi connectivity index (χ1) is 5.79. The lowest BCUT2D eigenvalue weighted by Crippen LogP contribution is -1.87. The fraction of sp³-hybridized carbons (Fsp3) is 0. The van der Waals surface area contributed by atoms with E-state index in [1.54, 1.807) is 18.3 Å². The summed E-state index contributed by atoms with van der Waals surface area (Å²) in [6, 6.07) is 4.82. The van der Waals surface area contributed by atoms with Crippen LogP contribution in [0.5, 0.6) is 0 Å². The molecule has 4 nitrogen and oxygen atoms in total. The number of nitro groups is 1. The van der Waals surface area contributed by atoms with Crippen molar-refractivity contribution in [3.05, 3.63) is 40.7 Å². The third-order valence-electron chi connectivity index (χ3n) is 1.71. The van der Waals surface area contributed by atoms with Gasteiger partial charge >= 0.3 is 0 Å². The predicted octanol–water partition coefficient (Wildman–Crippen LogP) is 1.83. The number of fused-ring (bicyclic) bond motifs is 1. The van der Waals surface area contributed by atoms with Crippen LogP contribution in [0.25, 0.3) is 11.1 Å². The maximum absolute atomic E-state index is 10.5. The van der Waals surface area contributed by atoms with Gasteiger partial charge in [-0.2, -0.15) is 0 Å². The van der Waals surface area contributed by atoms with Crippen LogP contribution >= 0.6 is 0 Å². The predicted molar refractivity (Wildman–Crippen MR) is 42.9 cm³/mol. The Morgan fingerprint density at radius 1 is 1.42 bits per heavy atom. The van der Waals surface area contributed by atoms with E-state index in [1.807, 2.05) is 0 Å². The molecule has 0 fully saturated rings. The van der Waals surface area contributed by atoms with Crippen LogP contribution in [0.2, 0.25) is 0 Å². The summed E-state index contributed by atoms with van der Waals surface area (Å²) in [6.07, 6.45) is 4.42. The maximum Gasteiger partial charge on any atom is 0.277 e. The second kappa shape index (κ2) is 2.34. The van der Waals surface area contributed by atoms with Crippen LogP contribution in [0.3, 0.4) is 0 Å². The van der Waals surface area contributed by atoms with Crippen molar-refractivity contribution in [3.63, 3.8) is 0 Å². The summed E-state index contributed by atoms with van der Waals surface area (Å²) in [5, 5.41) is 10.5. The minimum atomic E-state index is -0.393. The molecule has 4 heteroatoms. The average Bonchev–Trinajstić information content (AvgIpc) is 2.47. The molecular weight excluding hydrogens is 156 g/mol. The summed E-state index contributed by atoms with van der Waals surface area (Å²) in [6.45, 7) is 0. The van der Waals surface area contributed by atoms with Crippen LogP contribution < -0.4 is 0 Å². The summed E-state index contributed by atoms with van der Waals surface area (Å²) < 4.78 is 0. The van der Waals surface area contributed by atoms with Gasteiger partial charge in [0, 0.05) is 17.8 Å². The third-order valence-corrected chi connectivity index (χ3v) is 1.71. The van der Waals surface area contributed by atoms with Gasteiger partial charge in [-0.25, -0.2) is 0 Å². The quantitative estimate of drug-likeness (QED) is 0.512. The van der Waals surface area contributed by atoms with Gasteiger partial charge in [0.15, 0.2) is 0 Å². The van der Waals surface area contributed by atoms with Crippen LogP contribution in [0, 0.1) is 16.3 Å². The van der Waals surface area contributed by atoms with Crippen LogP contribution in [0.15, 0.2) is 24.4 Å². The molecule has 12 heavy (non-hydrogen) atoms. The van der Waals surface area contributed by atoms with Crippen LogP contribution in [-0.2, 0) is 0 Å². The summed E-state index contributed by atoms with van der Waals surface area (Å²) >= 11 is 0. The minimum absolute atomic E-state index is 0.134. The summed E-state index contributed by atoms with van der Waals surface area (Å²) in [5.74, 6) is 0. The second-order valence-electron chi connectivity index (χ2n) is 2.41. The van der Waals surface area contributed by atoms with Crippen molar-refractivity contribution in [1.82, 2.24) is 4.98 Å². The Morgan fingerprint density at radius 2 is 2.25 bits per heavy atom. The number of pyridine rings is 1. The first kappa shape index (κ1) is 6.84. The number of nitrogens with zero attached hydrogens (tertiary/aromatic N) is 1. The van der Waals surface area contributed by atoms with E-state index in [1.165, 1.54) is 6.07 Å². The molecule has 1 aliphatic heterocycles. The molecule has 2 rings (SSSR count). The maximum atomic E-state index is 10.5. The highest BCUT2D eigenvalue weighted by Gasteiger charge is 2.17. The zero-order valence-electron chi connectivity index (χ0n) is 6.07. The van der Waals surface area contributed by atoms with E-state index in [0.717, 1.165) is 5.56 Å². The van der Waals surface area contributed by atoms with Crippen molar-refractivity contribution in [2.45, 2.75) is 0 Å². The molecule has 0 aromatic heterocycles. The lowest BCUT2D eigenvalue weighted by atomic mass is 10.2. The highest BCUT2D eigenvalue weighted by atomic mass is 16.6. The second-order valence-corrected chi connectivity index (χ2v) is 2.41. The van der Waals surface area contributed by atoms with Gasteiger partial charge in [0.1, 0.15) is 0 Å². The van der Waals surface area contributed by atoms with Gasteiger partial charge in [-0.15, -0.1) is 0 Å². The monoisotopic (exact) mass is 161 g/mol. The number of nitrogens with one attached hydrogen (secondary N) is 1. The standard InChI is InChI=1S/C8H5N2O2/c11-10(12)8-2-1-6-5-9-4-3-7(6)8/h1-4,9H. The molecule has 0 saturated heterocycles. The van der Waals surface area contributed by atoms with Gasteiger partial charge < -0.3 is 4.98 Å². The fourth-order valence-electron chi connectivity index (χ4n) is 1.17. The molecule has 2 aliphatic rings. The van der Waals surface area contributed by atoms with E-state index in [-0.39, 0.29) is 5.69 Å². The molecule has 1 heterocycles. The van der Waals surface area contributed by atoms with Crippen molar-refractivity contribution in [1.29, 1.82) is 0 Å². The van der Waals surface area contributed by atoms with E-state index in [9.17, 15) is 10.1 Å². The number of rotatable bonds is 1. The molecular formula is C8H5N2O2. The number of hydrogen-bond acceptors (Lipinski definition) is 2.